The summed E-state index contributed by atoms with van der Waals surface area (Å²) in [6.45, 7) is 1.34. The number of rotatable bonds is 3. The van der Waals surface area contributed by atoms with Crippen molar-refractivity contribution in [1.29, 1.82) is 0 Å². The summed E-state index contributed by atoms with van der Waals surface area (Å²) >= 11 is 8.17. The van der Waals surface area contributed by atoms with Gasteiger partial charge in [0.1, 0.15) is 5.82 Å². The van der Waals surface area contributed by atoms with E-state index in [4.69, 9.17) is 11.6 Å². The molecule has 4 nitrogen and oxygen atoms in total. The number of aromatic nitrogens is 1. The van der Waals surface area contributed by atoms with Gasteiger partial charge in [-0.15, -0.1) is 11.3 Å². The van der Waals surface area contributed by atoms with Crippen molar-refractivity contribution in [3.05, 3.63) is 55.4 Å². The summed E-state index contributed by atoms with van der Waals surface area (Å²) in [6, 6.07) is 3.19. The zero-order valence-corrected chi connectivity index (χ0v) is 17.4. The van der Waals surface area contributed by atoms with Crippen LogP contribution in [0.4, 0.5) is 4.39 Å². The Morgan fingerprint density at radius 2 is 2.07 bits per heavy atom. The smallest absolute Gasteiger partial charge is 0.200 e. The number of ketones is 1. The molecule has 1 N–H and O–H groups in total. The lowest BCUT2D eigenvalue weighted by Crippen LogP contribution is -2.18. The van der Waals surface area contributed by atoms with E-state index < -0.39 is 17.3 Å². The van der Waals surface area contributed by atoms with Crippen LogP contribution in [0.15, 0.2) is 23.1 Å². The van der Waals surface area contributed by atoms with E-state index in [2.05, 4.69) is 0 Å². The summed E-state index contributed by atoms with van der Waals surface area (Å²) in [7, 11) is 0. The minimum atomic E-state index is -0.587. The Bertz CT molecular complexity index is 1240. The third-order valence-corrected chi connectivity index (χ3v) is 7.45. The van der Waals surface area contributed by atoms with Crippen LogP contribution in [0.1, 0.15) is 65.6 Å². The Kier molecular flexibility index (Phi) is 4.42. The molecule has 0 aliphatic heterocycles. The van der Waals surface area contributed by atoms with Crippen molar-refractivity contribution in [3.8, 4) is 10.4 Å². The van der Waals surface area contributed by atoms with Crippen molar-refractivity contribution in [2.24, 2.45) is 0 Å². The quantitative estimate of drug-likeness (QED) is 0.562. The third-order valence-electron chi connectivity index (χ3n) is 5.86. The molecule has 150 valence electrons. The molecule has 7 heteroatoms. The minimum absolute atomic E-state index is 0.0577. The number of Topliss-reactive ketones (excluding diaryl/α,β-unsaturated/α-hetero) is 1. The van der Waals surface area contributed by atoms with Gasteiger partial charge >= 0.3 is 0 Å². The molecule has 3 aromatic rings. The second kappa shape index (κ2) is 6.76. The van der Waals surface area contributed by atoms with Crippen molar-refractivity contribution >= 4 is 39.6 Å². The van der Waals surface area contributed by atoms with E-state index in [9.17, 15) is 14.7 Å². The van der Waals surface area contributed by atoms with Gasteiger partial charge in [-0.3, -0.25) is 9.59 Å². The number of aliphatic hydroxyl groups excluding tert-OH is 1. The fourth-order valence-electron chi connectivity index (χ4n) is 4.21. The van der Waals surface area contributed by atoms with Gasteiger partial charge in [0.05, 0.1) is 27.6 Å². The Morgan fingerprint density at radius 3 is 2.72 bits per heavy atom. The lowest BCUT2D eigenvalue weighted by molar-refractivity contribution is 0.101. The lowest BCUT2D eigenvalue weighted by Gasteiger charge is -2.16. The van der Waals surface area contributed by atoms with Gasteiger partial charge < -0.3 is 9.67 Å². The highest BCUT2D eigenvalue weighted by Gasteiger charge is 2.30. The number of hydrogen-bond acceptors (Lipinski definition) is 4. The van der Waals surface area contributed by atoms with Crippen LogP contribution in [-0.4, -0.2) is 15.5 Å². The third kappa shape index (κ3) is 2.97. The van der Waals surface area contributed by atoms with Crippen molar-refractivity contribution < 1.29 is 14.3 Å². The Balaban J connectivity index is 1.81. The molecule has 0 amide bonds. The van der Waals surface area contributed by atoms with Gasteiger partial charge in [-0.25, -0.2) is 4.39 Å². The second-order valence-corrected chi connectivity index (χ2v) is 9.42. The van der Waals surface area contributed by atoms with Gasteiger partial charge in [0, 0.05) is 27.6 Å². The first kappa shape index (κ1) is 19.0. The lowest BCUT2D eigenvalue weighted by atomic mass is 9.95. The van der Waals surface area contributed by atoms with Crippen molar-refractivity contribution in [1.82, 2.24) is 4.57 Å². The number of hydrogen-bond donors (Lipinski definition) is 1. The molecule has 29 heavy (non-hydrogen) atoms. The van der Waals surface area contributed by atoms with Gasteiger partial charge in [-0.2, -0.15) is 0 Å². The number of carbonyl (C=O) groups excluding carboxylic acids is 1. The summed E-state index contributed by atoms with van der Waals surface area (Å²) in [5.41, 5.74) is 1.15. The molecule has 0 radical (unpaired) electrons. The van der Waals surface area contributed by atoms with Crippen molar-refractivity contribution in [2.75, 3.05) is 0 Å². The molecule has 0 spiro atoms. The summed E-state index contributed by atoms with van der Waals surface area (Å²) in [6.07, 6.45) is 5.35. The first-order chi connectivity index (χ1) is 13.9. The predicted molar refractivity (Wildman–Crippen MR) is 113 cm³/mol. The highest BCUT2D eigenvalue weighted by Crippen LogP contribution is 2.46. The number of halogens is 2. The SMILES string of the molecule is CC(=O)c1cn(C2CC2)c2c(Cl)c(-c3cc4c(s3)CCCC4O)c(F)cc2c1=O. The molecule has 5 rings (SSSR count). The van der Waals surface area contributed by atoms with Crippen LogP contribution in [-0.2, 0) is 6.42 Å². The summed E-state index contributed by atoms with van der Waals surface area (Å²) in [5.74, 6) is -0.928. The maximum atomic E-state index is 15.2. The molecule has 2 heterocycles. The Morgan fingerprint density at radius 1 is 1.31 bits per heavy atom. The standard InChI is InChI=1S/C22H19ClFNO3S/c1-10(26)14-9-25(11-5-6-11)21-13(22(14)28)7-15(24)19(20(21)23)18-8-12-16(27)3-2-4-17(12)29-18/h7-9,11,16,27H,2-6H2,1H3. The average Bonchev–Trinajstić information content (AvgIpc) is 3.42. The normalized spacial score (nSPS) is 18.8. The Hall–Kier alpha value is -2.02. The number of aliphatic hydroxyl groups is 1. The van der Waals surface area contributed by atoms with Crippen LogP contribution in [0.5, 0.6) is 0 Å². The topological polar surface area (TPSA) is 59.3 Å². The molecule has 0 saturated heterocycles. The maximum Gasteiger partial charge on any atom is 0.200 e. The second-order valence-electron chi connectivity index (χ2n) is 7.91. The molecule has 0 bridgehead atoms. The van der Waals surface area contributed by atoms with E-state index in [1.807, 2.05) is 10.6 Å². The highest BCUT2D eigenvalue weighted by molar-refractivity contribution is 7.15. The highest BCUT2D eigenvalue weighted by atomic mass is 35.5. The van der Waals surface area contributed by atoms with E-state index >= 15 is 4.39 Å². The van der Waals surface area contributed by atoms with Gasteiger partial charge in [0.25, 0.3) is 0 Å². The summed E-state index contributed by atoms with van der Waals surface area (Å²) < 4.78 is 17.1. The molecule has 2 aliphatic rings. The zero-order valence-electron chi connectivity index (χ0n) is 15.8. The molecule has 1 aromatic carbocycles. The number of pyridine rings is 1. The molecule has 1 unspecified atom stereocenters. The molecule has 1 saturated carbocycles. The van der Waals surface area contributed by atoms with E-state index in [1.54, 1.807) is 6.20 Å². The fraction of sp³-hybridized carbons (Fsp3) is 0.364. The first-order valence-electron chi connectivity index (χ1n) is 9.75. The van der Waals surface area contributed by atoms with Gasteiger partial charge in [0.2, 0.25) is 0 Å². The van der Waals surface area contributed by atoms with E-state index in [0.29, 0.717) is 16.8 Å². The monoisotopic (exact) mass is 431 g/mol. The zero-order chi connectivity index (χ0) is 20.4. The molecule has 1 atom stereocenters. The van der Waals surface area contributed by atoms with Crippen molar-refractivity contribution in [3.63, 3.8) is 0 Å². The van der Waals surface area contributed by atoms with E-state index in [1.165, 1.54) is 24.3 Å². The van der Waals surface area contributed by atoms with E-state index in [0.717, 1.165) is 36.1 Å². The average molecular weight is 432 g/mol. The largest absolute Gasteiger partial charge is 0.388 e. The van der Waals surface area contributed by atoms with Gasteiger partial charge in [0.15, 0.2) is 11.2 Å². The Labute approximate surface area is 175 Å². The molecular weight excluding hydrogens is 413 g/mol. The number of thiophene rings is 1. The summed E-state index contributed by atoms with van der Waals surface area (Å²) in [4.78, 5) is 26.5. The van der Waals surface area contributed by atoms with Crippen LogP contribution in [0.2, 0.25) is 5.02 Å². The predicted octanol–water partition coefficient (Wildman–Crippen LogP) is 5.43. The van der Waals surface area contributed by atoms with Crippen LogP contribution in [0, 0.1) is 5.82 Å². The van der Waals surface area contributed by atoms with Crippen LogP contribution >= 0.6 is 22.9 Å². The number of fused-ring (bicyclic) bond motifs is 2. The van der Waals surface area contributed by atoms with E-state index in [-0.39, 0.29) is 33.4 Å². The number of carbonyl (C=O) groups is 1. The molecular formula is C22H19ClFNO3S. The number of aryl methyl sites for hydroxylation is 1. The minimum Gasteiger partial charge on any atom is -0.388 e. The van der Waals surface area contributed by atoms with Crippen LogP contribution in [0.25, 0.3) is 21.3 Å². The first-order valence-corrected chi connectivity index (χ1v) is 10.9. The molecule has 2 aliphatic carbocycles. The number of nitrogens with zero attached hydrogens (tertiary/aromatic N) is 1. The fourth-order valence-corrected chi connectivity index (χ4v) is 5.97. The maximum absolute atomic E-state index is 15.2. The molecule has 2 aromatic heterocycles. The van der Waals surface area contributed by atoms with Crippen molar-refractivity contribution in [2.45, 2.75) is 51.2 Å². The van der Waals surface area contributed by atoms with Gasteiger partial charge in [-0.05, 0) is 56.7 Å². The summed E-state index contributed by atoms with van der Waals surface area (Å²) in [5, 5.41) is 10.6. The van der Waals surface area contributed by atoms with Crippen LogP contribution in [0.3, 0.4) is 0 Å². The molecule has 1 fully saturated rings. The number of benzene rings is 1. The van der Waals surface area contributed by atoms with Crippen LogP contribution < -0.4 is 5.43 Å². The van der Waals surface area contributed by atoms with Gasteiger partial charge in [-0.1, -0.05) is 11.6 Å².